The van der Waals surface area contributed by atoms with Crippen LogP contribution in [0.15, 0.2) is 30.3 Å². The Morgan fingerprint density at radius 3 is 2.72 bits per heavy atom. The van der Waals surface area contributed by atoms with Gasteiger partial charge >= 0.3 is 6.01 Å². The van der Waals surface area contributed by atoms with E-state index in [-0.39, 0.29) is 24.1 Å². The molecule has 9 nitrogen and oxygen atoms in total. The van der Waals surface area contributed by atoms with Gasteiger partial charge in [0.05, 0.1) is 6.10 Å². The summed E-state index contributed by atoms with van der Waals surface area (Å²) in [6.45, 7) is 4.35. The molecule has 3 aliphatic heterocycles. The molecule has 1 aromatic carbocycles. The van der Waals surface area contributed by atoms with Crippen molar-refractivity contribution in [3.8, 4) is 6.01 Å². The molecular formula is C27H36N6O3. The molecule has 36 heavy (non-hydrogen) atoms. The number of aliphatic hydroxyl groups is 1. The first-order valence-electron chi connectivity index (χ1n) is 13.4. The normalized spacial score (nSPS) is 26.8. The smallest absolute Gasteiger partial charge is 0.319 e. The standard InChI is InChI=1S/C27H36N6O3/c34-24-17-33(13-10-23(24)32-12-9-18-4-1-2-5-19(18)16-32)26(35)22-14-25(29-20-6-3-7-20)31-27(30-22)36-21-8-11-28-15-21/h1-2,4-5,14,20-21,23-24,28,34H,3,6-13,15-17H2,(H,29,30,31)/t21-,23+,24+/m0/s1. The van der Waals surface area contributed by atoms with Gasteiger partial charge in [-0.1, -0.05) is 24.3 Å². The number of aromatic nitrogens is 2. The Balaban J connectivity index is 1.14. The van der Waals surface area contributed by atoms with E-state index < -0.39 is 6.10 Å². The molecule has 3 fully saturated rings. The molecule has 0 unspecified atom stereocenters. The van der Waals surface area contributed by atoms with Crippen LogP contribution >= 0.6 is 0 Å². The third kappa shape index (κ3) is 5.05. The van der Waals surface area contributed by atoms with Crippen LogP contribution < -0.4 is 15.4 Å². The lowest BCUT2D eigenvalue weighted by molar-refractivity contribution is -0.0139. The number of β-amino-alcohol motifs (C(OH)–C–C–N with tert-alkyl or cyclic N) is 1. The number of nitrogens with zero attached hydrogens (tertiary/aromatic N) is 4. The molecule has 2 aromatic rings. The highest BCUT2D eigenvalue weighted by atomic mass is 16.5. The number of carbonyl (C=O) groups is 1. The van der Waals surface area contributed by atoms with E-state index in [1.165, 1.54) is 17.5 Å². The lowest BCUT2D eigenvalue weighted by atomic mass is 9.93. The largest absolute Gasteiger partial charge is 0.459 e. The monoisotopic (exact) mass is 492 g/mol. The maximum absolute atomic E-state index is 13.5. The minimum absolute atomic E-state index is 0.0131. The second-order valence-electron chi connectivity index (χ2n) is 10.6. The van der Waals surface area contributed by atoms with Gasteiger partial charge in [-0.25, -0.2) is 0 Å². The summed E-state index contributed by atoms with van der Waals surface area (Å²) < 4.78 is 6.02. The molecule has 4 heterocycles. The number of hydrogen-bond donors (Lipinski definition) is 3. The van der Waals surface area contributed by atoms with Gasteiger partial charge in [-0.05, 0) is 56.2 Å². The molecule has 0 bridgehead atoms. The van der Waals surface area contributed by atoms with E-state index in [0.717, 1.165) is 58.3 Å². The summed E-state index contributed by atoms with van der Waals surface area (Å²) in [5, 5.41) is 17.8. The number of benzene rings is 1. The number of ether oxygens (including phenoxy) is 1. The van der Waals surface area contributed by atoms with Crippen LogP contribution in [0.25, 0.3) is 0 Å². The highest BCUT2D eigenvalue weighted by Gasteiger charge is 2.36. The number of amides is 1. The number of anilines is 1. The summed E-state index contributed by atoms with van der Waals surface area (Å²) in [5.74, 6) is 0.464. The predicted molar refractivity (Wildman–Crippen MR) is 136 cm³/mol. The lowest BCUT2D eigenvalue weighted by Gasteiger charge is -2.43. The highest BCUT2D eigenvalue weighted by molar-refractivity contribution is 5.93. The lowest BCUT2D eigenvalue weighted by Crippen LogP contribution is -2.56. The predicted octanol–water partition coefficient (Wildman–Crippen LogP) is 1.82. The summed E-state index contributed by atoms with van der Waals surface area (Å²) in [6, 6.07) is 11.0. The van der Waals surface area contributed by atoms with Crippen LogP contribution in [-0.2, 0) is 13.0 Å². The van der Waals surface area contributed by atoms with Crippen molar-refractivity contribution in [3.63, 3.8) is 0 Å². The van der Waals surface area contributed by atoms with Gasteiger partial charge in [0, 0.05) is 50.9 Å². The van der Waals surface area contributed by atoms with Crippen LogP contribution in [0, 0.1) is 0 Å². The number of rotatable bonds is 6. The SMILES string of the molecule is O=C(c1cc(NC2CCC2)nc(O[C@H]2CCNC2)n1)N1CC[C@@H](N2CCc3ccccc3C2)[C@H](O)C1. The number of likely N-dealkylation sites (tertiary alicyclic amines) is 1. The molecule has 2 saturated heterocycles. The first-order valence-corrected chi connectivity index (χ1v) is 13.4. The van der Waals surface area contributed by atoms with E-state index in [2.05, 4.69) is 49.8 Å². The first kappa shape index (κ1) is 23.6. The molecule has 1 aromatic heterocycles. The van der Waals surface area contributed by atoms with Crippen LogP contribution in [0.2, 0.25) is 0 Å². The molecule has 4 aliphatic rings. The van der Waals surface area contributed by atoms with Crippen LogP contribution in [0.4, 0.5) is 5.82 Å². The Hall–Kier alpha value is -2.75. The third-order valence-electron chi connectivity index (χ3n) is 8.13. The van der Waals surface area contributed by atoms with Gasteiger partial charge in [0.15, 0.2) is 0 Å². The van der Waals surface area contributed by atoms with Crippen molar-refractivity contribution in [1.29, 1.82) is 0 Å². The van der Waals surface area contributed by atoms with E-state index in [1.54, 1.807) is 11.0 Å². The fraction of sp³-hybridized carbons (Fsp3) is 0.593. The number of fused-ring (bicyclic) bond motifs is 1. The molecule has 0 spiro atoms. The van der Waals surface area contributed by atoms with Gasteiger partial charge in [0.1, 0.15) is 17.6 Å². The Labute approximate surface area is 212 Å². The number of piperidine rings is 1. The zero-order valence-electron chi connectivity index (χ0n) is 20.7. The van der Waals surface area contributed by atoms with Crippen molar-refractivity contribution in [3.05, 3.63) is 47.2 Å². The second-order valence-corrected chi connectivity index (χ2v) is 10.6. The molecule has 6 rings (SSSR count). The summed E-state index contributed by atoms with van der Waals surface area (Å²) in [5.41, 5.74) is 3.06. The molecule has 0 radical (unpaired) electrons. The summed E-state index contributed by atoms with van der Waals surface area (Å²) in [6.07, 6.45) is 5.48. The molecule has 3 N–H and O–H groups in total. The second kappa shape index (κ2) is 10.3. The maximum atomic E-state index is 13.5. The third-order valence-corrected chi connectivity index (χ3v) is 8.13. The summed E-state index contributed by atoms with van der Waals surface area (Å²) in [4.78, 5) is 26.7. The zero-order chi connectivity index (χ0) is 24.5. The van der Waals surface area contributed by atoms with Gasteiger partial charge in [0.25, 0.3) is 5.91 Å². The van der Waals surface area contributed by atoms with Crippen molar-refractivity contribution in [1.82, 2.24) is 25.1 Å². The van der Waals surface area contributed by atoms with Crippen molar-refractivity contribution in [2.75, 3.05) is 38.0 Å². The maximum Gasteiger partial charge on any atom is 0.319 e. The topological polar surface area (TPSA) is 103 Å². The molecule has 1 aliphatic carbocycles. The van der Waals surface area contributed by atoms with Crippen molar-refractivity contribution in [2.45, 2.75) is 69.4 Å². The molecule has 1 saturated carbocycles. The molecule has 192 valence electrons. The minimum atomic E-state index is -0.595. The van der Waals surface area contributed by atoms with Crippen molar-refractivity contribution >= 4 is 11.7 Å². The zero-order valence-corrected chi connectivity index (χ0v) is 20.7. The molecule has 9 heteroatoms. The van der Waals surface area contributed by atoms with Crippen LogP contribution in [0.1, 0.15) is 53.7 Å². The number of aliphatic hydroxyl groups excluding tert-OH is 1. The van der Waals surface area contributed by atoms with E-state index in [1.807, 2.05) is 0 Å². The van der Waals surface area contributed by atoms with Gasteiger partial charge in [0.2, 0.25) is 0 Å². The molecule has 1 amide bonds. The highest BCUT2D eigenvalue weighted by Crippen LogP contribution is 2.27. The quantitative estimate of drug-likeness (QED) is 0.561. The fourth-order valence-electron chi connectivity index (χ4n) is 5.79. The van der Waals surface area contributed by atoms with Gasteiger partial charge < -0.3 is 25.4 Å². The van der Waals surface area contributed by atoms with Gasteiger partial charge in [-0.15, -0.1) is 0 Å². The average Bonchev–Trinajstić information content (AvgIpc) is 3.38. The van der Waals surface area contributed by atoms with Crippen molar-refractivity contribution < 1.29 is 14.6 Å². The van der Waals surface area contributed by atoms with Crippen molar-refractivity contribution in [2.24, 2.45) is 0 Å². The number of carbonyl (C=O) groups excluding carboxylic acids is 1. The number of hydrogen-bond acceptors (Lipinski definition) is 8. The van der Waals surface area contributed by atoms with Crippen LogP contribution in [0.5, 0.6) is 6.01 Å². The molecular weight excluding hydrogens is 456 g/mol. The van der Waals surface area contributed by atoms with Gasteiger partial charge in [-0.2, -0.15) is 9.97 Å². The van der Waals surface area contributed by atoms with Crippen LogP contribution in [-0.4, -0.2) is 87.8 Å². The van der Waals surface area contributed by atoms with E-state index in [4.69, 9.17) is 4.74 Å². The summed E-state index contributed by atoms with van der Waals surface area (Å²) in [7, 11) is 0. The fourth-order valence-corrected chi connectivity index (χ4v) is 5.79. The summed E-state index contributed by atoms with van der Waals surface area (Å²) >= 11 is 0. The minimum Gasteiger partial charge on any atom is -0.459 e. The first-order chi connectivity index (χ1) is 17.6. The van der Waals surface area contributed by atoms with E-state index in [9.17, 15) is 9.90 Å². The van der Waals surface area contributed by atoms with E-state index in [0.29, 0.717) is 30.6 Å². The van der Waals surface area contributed by atoms with Crippen LogP contribution in [0.3, 0.4) is 0 Å². The Morgan fingerprint density at radius 1 is 1.11 bits per heavy atom. The Kier molecular flexibility index (Phi) is 6.77. The average molecular weight is 493 g/mol. The molecule has 3 atom stereocenters. The van der Waals surface area contributed by atoms with E-state index >= 15 is 0 Å². The van der Waals surface area contributed by atoms with Gasteiger partial charge in [-0.3, -0.25) is 9.69 Å². The Bertz CT molecular complexity index is 1090. The number of nitrogens with one attached hydrogen (secondary N) is 2. The Morgan fingerprint density at radius 2 is 1.97 bits per heavy atom.